The highest BCUT2D eigenvalue weighted by molar-refractivity contribution is 7.80. The number of rotatable bonds is 3. The Kier molecular flexibility index (Phi) is 6.99. The van der Waals surface area contributed by atoms with Gasteiger partial charge in [0.2, 0.25) is 5.91 Å². The van der Waals surface area contributed by atoms with E-state index < -0.39 is 0 Å². The van der Waals surface area contributed by atoms with Crippen LogP contribution in [0.5, 0.6) is 0 Å². The Morgan fingerprint density at radius 3 is 2.63 bits per heavy atom. The predicted octanol–water partition coefficient (Wildman–Crippen LogP) is 2.69. The number of anilines is 1. The average Bonchev–Trinajstić information content (AvgIpc) is 2.74. The fraction of sp³-hybridized carbons (Fsp3) is 0.364. The van der Waals surface area contributed by atoms with Crippen LogP contribution in [0.4, 0.5) is 5.69 Å². The number of likely N-dealkylation sites (tertiary alicyclic amines) is 1. The van der Waals surface area contributed by atoms with Gasteiger partial charge in [0.05, 0.1) is 11.4 Å². The van der Waals surface area contributed by atoms with Gasteiger partial charge in [-0.15, -0.1) is 0 Å². The van der Waals surface area contributed by atoms with Crippen molar-refractivity contribution in [1.82, 2.24) is 15.2 Å². The summed E-state index contributed by atoms with van der Waals surface area (Å²) in [7, 11) is 0. The largest absolute Gasteiger partial charge is 0.368 e. The van der Waals surface area contributed by atoms with Crippen LogP contribution in [-0.2, 0) is 4.79 Å². The van der Waals surface area contributed by atoms with Crippen LogP contribution in [0, 0.1) is 12.3 Å². The molecule has 0 spiro atoms. The van der Waals surface area contributed by atoms with E-state index in [1.165, 1.54) is 18.2 Å². The zero-order chi connectivity index (χ0) is 21.7. The lowest BCUT2D eigenvalue weighted by atomic mass is 10.0. The summed E-state index contributed by atoms with van der Waals surface area (Å²) < 4.78 is 0. The molecular weight excluding hydrogens is 396 g/mol. The highest BCUT2D eigenvalue weighted by atomic mass is 32.1. The molecule has 0 bridgehead atoms. The lowest BCUT2D eigenvalue weighted by Crippen LogP contribution is -2.51. The first-order chi connectivity index (χ1) is 14.4. The SMILES string of the molecule is C=C/C=C1\C(=N)/C(=N\NC(=S)N2CCN(c3cccc(C)c3)CC2)CCN1C(C)=O. The molecule has 158 valence electrons. The van der Waals surface area contributed by atoms with E-state index in [1.54, 1.807) is 17.1 Å². The second kappa shape index (κ2) is 9.67. The molecule has 0 radical (unpaired) electrons. The highest BCUT2D eigenvalue weighted by Crippen LogP contribution is 2.18. The molecule has 2 fully saturated rings. The van der Waals surface area contributed by atoms with E-state index >= 15 is 0 Å². The van der Waals surface area contributed by atoms with Gasteiger partial charge in [0.25, 0.3) is 0 Å². The van der Waals surface area contributed by atoms with Crippen LogP contribution in [0.1, 0.15) is 18.9 Å². The van der Waals surface area contributed by atoms with E-state index in [4.69, 9.17) is 17.6 Å². The van der Waals surface area contributed by atoms with Crippen molar-refractivity contribution in [2.75, 3.05) is 37.6 Å². The van der Waals surface area contributed by atoms with Crippen molar-refractivity contribution in [2.45, 2.75) is 20.3 Å². The van der Waals surface area contributed by atoms with Crippen LogP contribution in [0.3, 0.4) is 0 Å². The average molecular weight is 425 g/mol. The zero-order valence-corrected chi connectivity index (χ0v) is 18.3. The van der Waals surface area contributed by atoms with Crippen molar-refractivity contribution in [2.24, 2.45) is 5.10 Å². The van der Waals surface area contributed by atoms with Crippen LogP contribution in [0.2, 0.25) is 0 Å². The van der Waals surface area contributed by atoms with Crippen molar-refractivity contribution in [3.8, 4) is 0 Å². The van der Waals surface area contributed by atoms with Crippen LogP contribution < -0.4 is 10.3 Å². The Morgan fingerprint density at radius 1 is 1.27 bits per heavy atom. The summed E-state index contributed by atoms with van der Waals surface area (Å²) in [5, 5.41) is 13.4. The molecule has 7 nitrogen and oxygen atoms in total. The first kappa shape index (κ1) is 21.7. The molecule has 2 aliphatic rings. The molecule has 1 aromatic carbocycles. The van der Waals surface area contributed by atoms with Gasteiger partial charge in [0, 0.05) is 51.8 Å². The third-order valence-electron chi connectivity index (χ3n) is 5.28. The van der Waals surface area contributed by atoms with Gasteiger partial charge in [-0.1, -0.05) is 24.8 Å². The second-order valence-electron chi connectivity index (χ2n) is 7.37. The first-order valence-corrected chi connectivity index (χ1v) is 10.4. The maximum Gasteiger partial charge on any atom is 0.223 e. The van der Waals surface area contributed by atoms with E-state index in [9.17, 15) is 4.79 Å². The molecule has 2 saturated heterocycles. The topological polar surface area (TPSA) is 75.0 Å². The molecule has 1 aromatic rings. The van der Waals surface area contributed by atoms with Gasteiger partial charge in [-0.2, -0.15) is 5.10 Å². The second-order valence-corrected chi connectivity index (χ2v) is 7.76. The zero-order valence-electron chi connectivity index (χ0n) is 17.5. The number of amides is 1. The fourth-order valence-corrected chi connectivity index (χ4v) is 3.88. The lowest BCUT2D eigenvalue weighted by Gasteiger charge is -2.37. The number of benzene rings is 1. The summed E-state index contributed by atoms with van der Waals surface area (Å²) >= 11 is 5.53. The summed E-state index contributed by atoms with van der Waals surface area (Å²) in [5.41, 5.74) is 6.76. The Hall–Kier alpha value is -3.00. The summed E-state index contributed by atoms with van der Waals surface area (Å²) in [6.45, 7) is 11.2. The Labute approximate surface area is 183 Å². The quantitative estimate of drug-likeness (QED) is 0.576. The van der Waals surface area contributed by atoms with E-state index in [0.29, 0.717) is 29.5 Å². The number of hydrazone groups is 1. The number of aryl methyl sites for hydroxylation is 1. The predicted molar refractivity (Wildman–Crippen MR) is 126 cm³/mol. The molecule has 0 atom stereocenters. The third kappa shape index (κ3) is 4.94. The molecule has 1 amide bonds. The third-order valence-corrected chi connectivity index (χ3v) is 5.63. The summed E-state index contributed by atoms with van der Waals surface area (Å²) in [6, 6.07) is 8.52. The molecule has 2 heterocycles. The number of thiocarbonyl (C=S) groups is 1. The fourth-order valence-electron chi connectivity index (χ4n) is 3.65. The van der Waals surface area contributed by atoms with E-state index in [2.05, 4.69) is 58.1 Å². The lowest BCUT2D eigenvalue weighted by molar-refractivity contribution is -0.126. The van der Waals surface area contributed by atoms with Crippen molar-refractivity contribution < 1.29 is 4.79 Å². The number of hydrogen-bond acceptors (Lipinski definition) is 5. The van der Waals surface area contributed by atoms with Crippen LogP contribution in [-0.4, -0.2) is 65.0 Å². The Morgan fingerprint density at radius 2 is 2.00 bits per heavy atom. The molecule has 8 heteroatoms. The molecule has 0 aromatic heterocycles. The molecule has 0 saturated carbocycles. The van der Waals surface area contributed by atoms with Gasteiger partial charge < -0.3 is 14.7 Å². The van der Waals surface area contributed by atoms with Crippen LogP contribution in [0.15, 0.2) is 53.8 Å². The number of allylic oxidation sites excluding steroid dienone is 3. The van der Waals surface area contributed by atoms with Gasteiger partial charge in [-0.25, -0.2) is 0 Å². The number of nitrogens with zero attached hydrogens (tertiary/aromatic N) is 4. The molecular formula is C22H28N6OS. The molecule has 0 aliphatic carbocycles. The standard InChI is InChI=1S/C22H28N6OS/c1-4-6-20-21(23)19(9-10-28(20)17(3)29)24-25-22(30)27-13-11-26(12-14-27)18-8-5-7-16(2)15-18/h4-8,15,23H,1,9-14H2,2-3H3,(H,25,30)/b20-6+,23-21?,24-19-. The summed E-state index contributed by atoms with van der Waals surface area (Å²) in [6.07, 6.45) is 3.75. The molecule has 2 N–H and O–H groups in total. The van der Waals surface area contributed by atoms with Crippen LogP contribution >= 0.6 is 12.2 Å². The number of carbonyl (C=O) groups is 1. The number of carbonyl (C=O) groups excluding carboxylic acids is 1. The van der Waals surface area contributed by atoms with Gasteiger partial charge in [0.15, 0.2) is 5.11 Å². The number of nitrogens with one attached hydrogen (secondary N) is 2. The van der Waals surface area contributed by atoms with Gasteiger partial charge in [-0.05, 0) is 42.9 Å². The van der Waals surface area contributed by atoms with Crippen molar-refractivity contribution in [1.29, 1.82) is 5.41 Å². The van der Waals surface area contributed by atoms with E-state index in [-0.39, 0.29) is 11.6 Å². The summed E-state index contributed by atoms with van der Waals surface area (Å²) in [4.78, 5) is 17.9. The smallest absolute Gasteiger partial charge is 0.223 e. The van der Waals surface area contributed by atoms with Gasteiger partial charge in [0.1, 0.15) is 5.71 Å². The van der Waals surface area contributed by atoms with Gasteiger partial charge >= 0.3 is 0 Å². The number of piperazine rings is 1. The maximum absolute atomic E-state index is 11.8. The number of piperidine rings is 1. The highest BCUT2D eigenvalue weighted by Gasteiger charge is 2.27. The minimum Gasteiger partial charge on any atom is -0.368 e. The van der Waals surface area contributed by atoms with Gasteiger partial charge in [-0.3, -0.25) is 15.6 Å². The Bertz CT molecular complexity index is 914. The van der Waals surface area contributed by atoms with Crippen LogP contribution in [0.25, 0.3) is 0 Å². The molecule has 2 aliphatic heterocycles. The van der Waals surface area contributed by atoms with E-state index in [0.717, 1.165) is 26.2 Å². The van der Waals surface area contributed by atoms with Crippen molar-refractivity contribution >= 4 is 40.3 Å². The first-order valence-electron chi connectivity index (χ1n) is 10.0. The minimum atomic E-state index is -0.0955. The molecule has 30 heavy (non-hydrogen) atoms. The normalized spacial score (nSPS) is 19.9. The van der Waals surface area contributed by atoms with Crippen molar-refractivity contribution in [3.05, 3.63) is 54.3 Å². The molecule has 0 unspecified atom stereocenters. The monoisotopic (exact) mass is 424 g/mol. The van der Waals surface area contributed by atoms with E-state index in [1.807, 2.05) is 0 Å². The summed E-state index contributed by atoms with van der Waals surface area (Å²) in [5.74, 6) is -0.0955. The minimum absolute atomic E-state index is 0.0955. The Balaban J connectivity index is 1.58. The number of hydrogen-bond donors (Lipinski definition) is 2. The molecule has 3 rings (SSSR count). The van der Waals surface area contributed by atoms with Crippen molar-refractivity contribution in [3.63, 3.8) is 0 Å². The maximum atomic E-state index is 11.8.